The Bertz CT molecular complexity index is 1070. The fourth-order valence-electron chi connectivity index (χ4n) is 3.32. The summed E-state index contributed by atoms with van der Waals surface area (Å²) in [6.07, 6.45) is -0.905. The fraction of sp³-hybridized carbons (Fsp3) is 0.320. The van der Waals surface area contributed by atoms with Gasteiger partial charge in [0.05, 0.1) is 17.9 Å². The second-order valence-corrected chi connectivity index (χ2v) is 7.94. The Morgan fingerprint density at radius 2 is 1.48 bits per heavy atom. The molecule has 6 nitrogen and oxygen atoms in total. The van der Waals surface area contributed by atoms with E-state index in [1.807, 2.05) is 69.3 Å². The predicted octanol–water partition coefficient (Wildman–Crippen LogP) is 4.03. The standard InChI is InChI=1S/C25H29N3O3/c1-16-6-10-21(11-7-16)14-26-24(29)20(5)31-25(30)23-18(3)27-28(19(23)4)15-22-12-8-17(2)9-13-22/h6-13,20H,14-15H2,1-5H3,(H,26,29)/t20-/m1/s1. The molecule has 1 atom stereocenters. The predicted molar refractivity (Wildman–Crippen MR) is 120 cm³/mol. The summed E-state index contributed by atoms with van der Waals surface area (Å²) in [4.78, 5) is 25.2. The minimum absolute atomic E-state index is 0.337. The highest BCUT2D eigenvalue weighted by molar-refractivity contribution is 5.94. The first kappa shape index (κ1) is 22.3. The third-order valence-electron chi connectivity index (χ3n) is 5.28. The SMILES string of the molecule is Cc1ccc(CNC(=O)[C@@H](C)OC(=O)c2c(C)nn(Cc3ccc(C)cc3)c2C)cc1. The van der Waals surface area contributed by atoms with Gasteiger partial charge >= 0.3 is 5.97 Å². The van der Waals surface area contributed by atoms with Gasteiger partial charge in [0.15, 0.2) is 6.10 Å². The van der Waals surface area contributed by atoms with E-state index in [1.165, 1.54) is 5.56 Å². The lowest BCUT2D eigenvalue weighted by Crippen LogP contribution is -2.35. The van der Waals surface area contributed by atoms with Crippen LogP contribution in [-0.4, -0.2) is 27.8 Å². The van der Waals surface area contributed by atoms with Crippen molar-refractivity contribution in [1.29, 1.82) is 0 Å². The summed E-state index contributed by atoms with van der Waals surface area (Å²) >= 11 is 0. The van der Waals surface area contributed by atoms with Crippen LogP contribution in [0.3, 0.4) is 0 Å². The molecule has 31 heavy (non-hydrogen) atoms. The summed E-state index contributed by atoms with van der Waals surface area (Å²) < 4.78 is 7.23. The molecule has 1 N–H and O–H groups in total. The lowest BCUT2D eigenvalue weighted by atomic mass is 10.1. The van der Waals surface area contributed by atoms with Crippen LogP contribution in [0, 0.1) is 27.7 Å². The molecule has 0 saturated carbocycles. The van der Waals surface area contributed by atoms with Crippen LogP contribution in [0.4, 0.5) is 0 Å². The molecule has 0 spiro atoms. The van der Waals surface area contributed by atoms with Crippen molar-refractivity contribution < 1.29 is 14.3 Å². The molecule has 162 valence electrons. The van der Waals surface area contributed by atoms with Crippen LogP contribution in [0.2, 0.25) is 0 Å². The van der Waals surface area contributed by atoms with E-state index < -0.39 is 12.1 Å². The van der Waals surface area contributed by atoms with Crippen LogP contribution in [-0.2, 0) is 22.6 Å². The van der Waals surface area contributed by atoms with E-state index in [0.29, 0.717) is 24.3 Å². The number of nitrogens with zero attached hydrogens (tertiary/aromatic N) is 2. The molecule has 1 heterocycles. The number of hydrogen-bond acceptors (Lipinski definition) is 4. The quantitative estimate of drug-likeness (QED) is 0.587. The second kappa shape index (κ2) is 9.60. The van der Waals surface area contributed by atoms with E-state index in [4.69, 9.17) is 4.74 Å². The van der Waals surface area contributed by atoms with Crippen molar-refractivity contribution in [3.8, 4) is 0 Å². The van der Waals surface area contributed by atoms with Crippen molar-refractivity contribution in [2.45, 2.75) is 53.8 Å². The highest BCUT2D eigenvalue weighted by Gasteiger charge is 2.24. The van der Waals surface area contributed by atoms with Gasteiger partial charge < -0.3 is 10.1 Å². The molecule has 0 radical (unpaired) electrons. The molecule has 2 aromatic carbocycles. The highest BCUT2D eigenvalue weighted by Crippen LogP contribution is 2.17. The van der Waals surface area contributed by atoms with Gasteiger partial charge in [0, 0.05) is 6.54 Å². The molecule has 0 fully saturated rings. The van der Waals surface area contributed by atoms with Crippen LogP contribution < -0.4 is 5.32 Å². The smallest absolute Gasteiger partial charge is 0.342 e. The third kappa shape index (κ3) is 5.60. The molecule has 0 bridgehead atoms. The highest BCUT2D eigenvalue weighted by atomic mass is 16.5. The largest absolute Gasteiger partial charge is 0.449 e. The minimum Gasteiger partial charge on any atom is -0.449 e. The van der Waals surface area contributed by atoms with E-state index in [0.717, 1.165) is 22.4 Å². The van der Waals surface area contributed by atoms with Crippen molar-refractivity contribution in [3.63, 3.8) is 0 Å². The Hall–Kier alpha value is -3.41. The van der Waals surface area contributed by atoms with Gasteiger partial charge in [-0.2, -0.15) is 5.10 Å². The molecule has 6 heteroatoms. The van der Waals surface area contributed by atoms with Crippen molar-refractivity contribution >= 4 is 11.9 Å². The summed E-state index contributed by atoms with van der Waals surface area (Å²) in [5.74, 6) is -0.876. The molecule has 0 saturated heterocycles. The van der Waals surface area contributed by atoms with E-state index in [-0.39, 0.29) is 5.91 Å². The Balaban J connectivity index is 1.62. The summed E-state index contributed by atoms with van der Waals surface area (Å²) in [5, 5.41) is 7.31. The maximum absolute atomic E-state index is 12.8. The number of rotatable bonds is 7. The van der Waals surface area contributed by atoms with Crippen LogP contribution >= 0.6 is 0 Å². The first-order valence-corrected chi connectivity index (χ1v) is 10.4. The van der Waals surface area contributed by atoms with Gasteiger partial charge in [-0.1, -0.05) is 59.7 Å². The summed E-state index contributed by atoms with van der Waals surface area (Å²) in [6.45, 7) is 10.2. The minimum atomic E-state index is -0.905. The Morgan fingerprint density at radius 3 is 2.06 bits per heavy atom. The Labute approximate surface area is 183 Å². The number of hydrogen-bond donors (Lipinski definition) is 1. The number of carbonyl (C=O) groups is 2. The first-order valence-electron chi connectivity index (χ1n) is 10.4. The van der Waals surface area contributed by atoms with E-state index in [2.05, 4.69) is 10.4 Å². The molecular formula is C25H29N3O3. The molecule has 1 aromatic heterocycles. The summed E-state index contributed by atoms with van der Waals surface area (Å²) in [7, 11) is 0. The van der Waals surface area contributed by atoms with Crippen LogP contribution in [0.25, 0.3) is 0 Å². The fourth-order valence-corrected chi connectivity index (χ4v) is 3.32. The van der Waals surface area contributed by atoms with Crippen LogP contribution in [0.15, 0.2) is 48.5 Å². The van der Waals surface area contributed by atoms with Crippen molar-refractivity contribution in [2.75, 3.05) is 0 Å². The number of amides is 1. The number of ether oxygens (including phenoxy) is 1. The number of aryl methyl sites for hydroxylation is 3. The Kier molecular flexibility index (Phi) is 6.90. The zero-order valence-corrected chi connectivity index (χ0v) is 18.7. The molecule has 0 aliphatic heterocycles. The maximum Gasteiger partial charge on any atom is 0.342 e. The Morgan fingerprint density at radius 1 is 0.935 bits per heavy atom. The van der Waals surface area contributed by atoms with Gasteiger partial charge in [0.25, 0.3) is 5.91 Å². The average Bonchev–Trinajstić information content (AvgIpc) is 3.01. The molecule has 0 aliphatic rings. The monoisotopic (exact) mass is 419 g/mol. The van der Waals surface area contributed by atoms with Gasteiger partial charge in [-0.25, -0.2) is 4.79 Å². The maximum atomic E-state index is 12.8. The van der Waals surface area contributed by atoms with Gasteiger partial charge in [0.2, 0.25) is 0 Å². The van der Waals surface area contributed by atoms with Gasteiger partial charge in [-0.05, 0) is 45.7 Å². The molecule has 3 rings (SSSR count). The number of esters is 1. The molecule has 0 unspecified atom stereocenters. The zero-order chi connectivity index (χ0) is 22.5. The first-order chi connectivity index (χ1) is 14.7. The average molecular weight is 420 g/mol. The molecule has 1 amide bonds. The third-order valence-corrected chi connectivity index (χ3v) is 5.28. The van der Waals surface area contributed by atoms with Crippen LogP contribution in [0.1, 0.15) is 50.9 Å². The van der Waals surface area contributed by atoms with Gasteiger partial charge in [-0.3, -0.25) is 9.48 Å². The summed E-state index contributed by atoms with van der Waals surface area (Å²) in [6, 6.07) is 16.1. The molecule has 0 aliphatic carbocycles. The second-order valence-electron chi connectivity index (χ2n) is 7.94. The topological polar surface area (TPSA) is 73.2 Å². The summed E-state index contributed by atoms with van der Waals surface area (Å²) in [5.41, 5.74) is 6.14. The normalized spacial score (nSPS) is 11.8. The number of carbonyl (C=O) groups excluding carboxylic acids is 2. The van der Waals surface area contributed by atoms with E-state index in [9.17, 15) is 9.59 Å². The zero-order valence-electron chi connectivity index (χ0n) is 18.7. The number of nitrogens with one attached hydrogen (secondary N) is 1. The molecular weight excluding hydrogens is 390 g/mol. The van der Waals surface area contributed by atoms with Crippen molar-refractivity contribution in [1.82, 2.24) is 15.1 Å². The molecule has 3 aromatic rings. The van der Waals surface area contributed by atoms with Gasteiger partial charge in [0.1, 0.15) is 5.56 Å². The van der Waals surface area contributed by atoms with E-state index in [1.54, 1.807) is 18.5 Å². The van der Waals surface area contributed by atoms with Crippen molar-refractivity contribution in [3.05, 3.63) is 87.7 Å². The lowest BCUT2D eigenvalue weighted by molar-refractivity contribution is -0.129. The van der Waals surface area contributed by atoms with E-state index >= 15 is 0 Å². The number of benzene rings is 2. The lowest BCUT2D eigenvalue weighted by Gasteiger charge is -2.14. The van der Waals surface area contributed by atoms with Gasteiger partial charge in [-0.15, -0.1) is 0 Å². The van der Waals surface area contributed by atoms with Crippen molar-refractivity contribution in [2.24, 2.45) is 0 Å². The van der Waals surface area contributed by atoms with Crippen LogP contribution in [0.5, 0.6) is 0 Å². The number of aromatic nitrogens is 2.